The summed E-state index contributed by atoms with van der Waals surface area (Å²) in [7, 11) is 0. The summed E-state index contributed by atoms with van der Waals surface area (Å²) in [4.78, 5) is 0. The molecule has 0 heteroatoms. The topological polar surface area (TPSA) is 0 Å². The van der Waals surface area contributed by atoms with Crippen molar-refractivity contribution < 1.29 is 0 Å². The van der Waals surface area contributed by atoms with Crippen molar-refractivity contribution in [2.45, 2.75) is 74.1 Å². The standard InChI is InChI=1S/C17H32/c1-8-9-10-13-11-14(16(2,3)4)12-15(13)17(5,6)7/h12-14H,8-11H2,1-7H3/t13-,14+/m0/s1. The molecule has 0 saturated carbocycles. The molecule has 100 valence electrons. The fourth-order valence-corrected chi connectivity index (χ4v) is 3.04. The van der Waals surface area contributed by atoms with Crippen LogP contribution in [0.4, 0.5) is 0 Å². The Bertz CT molecular complexity index is 269. The van der Waals surface area contributed by atoms with Crippen LogP contribution in [0.3, 0.4) is 0 Å². The summed E-state index contributed by atoms with van der Waals surface area (Å²) >= 11 is 0. The Labute approximate surface area is 109 Å². The molecular weight excluding hydrogens is 204 g/mol. The lowest BCUT2D eigenvalue weighted by Crippen LogP contribution is -2.18. The van der Waals surface area contributed by atoms with Crippen molar-refractivity contribution in [2.75, 3.05) is 0 Å². The Balaban J connectivity index is 2.84. The molecule has 17 heavy (non-hydrogen) atoms. The molecule has 0 bridgehead atoms. The highest BCUT2D eigenvalue weighted by molar-refractivity contribution is 5.22. The molecule has 0 aromatic rings. The second-order valence-electron chi connectivity index (χ2n) is 7.92. The first-order valence-corrected chi connectivity index (χ1v) is 7.38. The maximum Gasteiger partial charge on any atom is -0.0170 e. The van der Waals surface area contributed by atoms with E-state index < -0.39 is 0 Å². The third-order valence-electron chi connectivity index (χ3n) is 4.24. The lowest BCUT2D eigenvalue weighted by atomic mass is 9.77. The minimum atomic E-state index is 0.360. The normalized spacial score (nSPS) is 26.2. The van der Waals surface area contributed by atoms with Crippen LogP contribution in [0.1, 0.15) is 74.1 Å². The van der Waals surface area contributed by atoms with Crippen LogP contribution in [0, 0.1) is 22.7 Å². The lowest BCUT2D eigenvalue weighted by molar-refractivity contribution is 0.264. The van der Waals surface area contributed by atoms with Gasteiger partial charge in [0.15, 0.2) is 0 Å². The minimum Gasteiger partial charge on any atom is -0.0809 e. The maximum atomic E-state index is 2.61. The Morgan fingerprint density at radius 2 is 1.71 bits per heavy atom. The smallest absolute Gasteiger partial charge is 0.0170 e. The van der Waals surface area contributed by atoms with Crippen molar-refractivity contribution in [3.8, 4) is 0 Å². The van der Waals surface area contributed by atoms with Gasteiger partial charge in [0.25, 0.3) is 0 Å². The first-order chi connectivity index (χ1) is 7.66. The molecule has 2 atom stereocenters. The van der Waals surface area contributed by atoms with E-state index in [1.54, 1.807) is 5.57 Å². The molecule has 0 radical (unpaired) electrons. The van der Waals surface area contributed by atoms with Crippen LogP contribution in [0.25, 0.3) is 0 Å². The van der Waals surface area contributed by atoms with E-state index in [0.717, 1.165) is 11.8 Å². The summed E-state index contributed by atoms with van der Waals surface area (Å²) in [6, 6.07) is 0. The number of hydrogen-bond acceptors (Lipinski definition) is 0. The molecule has 1 aliphatic carbocycles. The van der Waals surface area contributed by atoms with E-state index in [1.165, 1.54) is 25.7 Å². The zero-order valence-electron chi connectivity index (χ0n) is 13.1. The van der Waals surface area contributed by atoms with E-state index in [1.807, 2.05) is 0 Å². The van der Waals surface area contributed by atoms with Gasteiger partial charge in [-0.2, -0.15) is 0 Å². The molecule has 0 aliphatic heterocycles. The number of hydrogen-bond donors (Lipinski definition) is 0. The fraction of sp³-hybridized carbons (Fsp3) is 0.882. The van der Waals surface area contributed by atoms with Crippen LogP contribution < -0.4 is 0 Å². The van der Waals surface area contributed by atoms with E-state index >= 15 is 0 Å². The van der Waals surface area contributed by atoms with Crippen molar-refractivity contribution in [2.24, 2.45) is 22.7 Å². The number of allylic oxidation sites excluding steroid dienone is 2. The average molecular weight is 236 g/mol. The molecule has 0 fully saturated rings. The Kier molecular flexibility index (Phi) is 4.49. The van der Waals surface area contributed by atoms with Gasteiger partial charge in [-0.05, 0) is 35.5 Å². The second kappa shape index (κ2) is 5.16. The first kappa shape index (κ1) is 14.8. The third-order valence-corrected chi connectivity index (χ3v) is 4.24. The number of unbranched alkanes of at least 4 members (excludes halogenated alkanes) is 1. The predicted molar refractivity (Wildman–Crippen MR) is 78.1 cm³/mol. The van der Waals surface area contributed by atoms with Gasteiger partial charge in [0.05, 0.1) is 0 Å². The predicted octanol–water partition coefficient (Wildman–Crippen LogP) is 5.83. The van der Waals surface area contributed by atoms with Crippen molar-refractivity contribution in [3.63, 3.8) is 0 Å². The average Bonchev–Trinajstić information content (AvgIpc) is 2.56. The molecule has 1 rings (SSSR count). The quantitative estimate of drug-likeness (QED) is 0.541. The van der Waals surface area contributed by atoms with Crippen LogP contribution >= 0.6 is 0 Å². The zero-order chi connectivity index (χ0) is 13.3. The van der Waals surface area contributed by atoms with E-state index in [0.29, 0.717) is 10.8 Å². The zero-order valence-corrected chi connectivity index (χ0v) is 13.1. The second-order valence-corrected chi connectivity index (χ2v) is 7.92. The molecule has 1 aliphatic rings. The molecular formula is C17H32. The molecule has 0 unspecified atom stereocenters. The van der Waals surface area contributed by atoms with Gasteiger partial charge in [-0.1, -0.05) is 73.0 Å². The number of rotatable bonds is 3. The highest BCUT2D eigenvalue weighted by Gasteiger charge is 2.36. The molecule has 0 spiro atoms. The highest BCUT2D eigenvalue weighted by atomic mass is 14.4. The molecule has 0 saturated heterocycles. The van der Waals surface area contributed by atoms with Crippen molar-refractivity contribution in [3.05, 3.63) is 11.6 Å². The molecule has 0 N–H and O–H groups in total. The third kappa shape index (κ3) is 3.86. The Morgan fingerprint density at radius 1 is 1.12 bits per heavy atom. The van der Waals surface area contributed by atoms with Crippen LogP contribution in [0.2, 0.25) is 0 Å². The fourth-order valence-electron chi connectivity index (χ4n) is 3.04. The molecule has 0 aromatic heterocycles. The van der Waals surface area contributed by atoms with Crippen molar-refractivity contribution in [1.29, 1.82) is 0 Å². The van der Waals surface area contributed by atoms with Crippen LogP contribution in [-0.4, -0.2) is 0 Å². The summed E-state index contributed by atoms with van der Waals surface area (Å²) < 4.78 is 0. The highest BCUT2D eigenvalue weighted by Crippen LogP contribution is 2.48. The van der Waals surface area contributed by atoms with Crippen molar-refractivity contribution in [1.82, 2.24) is 0 Å². The van der Waals surface area contributed by atoms with Gasteiger partial charge in [-0.3, -0.25) is 0 Å². The summed E-state index contributed by atoms with van der Waals surface area (Å²) in [6.07, 6.45) is 8.10. The minimum absolute atomic E-state index is 0.360. The molecule has 0 aromatic carbocycles. The van der Waals surface area contributed by atoms with Gasteiger partial charge in [0, 0.05) is 0 Å². The van der Waals surface area contributed by atoms with Crippen LogP contribution in [0.15, 0.2) is 11.6 Å². The molecule has 0 nitrogen and oxygen atoms in total. The van der Waals surface area contributed by atoms with E-state index in [-0.39, 0.29) is 0 Å². The summed E-state index contributed by atoms with van der Waals surface area (Å²) in [5.74, 6) is 1.62. The lowest BCUT2D eigenvalue weighted by Gasteiger charge is -2.27. The SMILES string of the molecule is CCCC[C@H]1C[C@@H](C(C)(C)C)C=C1C(C)(C)C. The largest absolute Gasteiger partial charge is 0.0809 e. The first-order valence-electron chi connectivity index (χ1n) is 7.38. The van der Waals surface area contributed by atoms with Crippen LogP contribution in [0.5, 0.6) is 0 Å². The van der Waals surface area contributed by atoms with Gasteiger partial charge < -0.3 is 0 Å². The van der Waals surface area contributed by atoms with E-state index in [4.69, 9.17) is 0 Å². The van der Waals surface area contributed by atoms with Crippen LogP contribution in [-0.2, 0) is 0 Å². The maximum absolute atomic E-state index is 2.61. The summed E-state index contributed by atoms with van der Waals surface area (Å²) in [6.45, 7) is 16.6. The Hall–Kier alpha value is -0.260. The summed E-state index contributed by atoms with van der Waals surface area (Å²) in [5.41, 5.74) is 2.52. The van der Waals surface area contributed by atoms with Gasteiger partial charge in [0.2, 0.25) is 0 Å². The van der Waals surface area contributed by atoms with E-state index in [9.17, 15) is 0 Å². The summed E-state index contributed by atoms with van der Waals surface area (Å²) in [5, 5.41) is 0. The van der Waals surface area contributed by atoms with Gasteiger partial charge >= 0.3 is 0 Å². The van der Waals surface area contributed by atoms with E-state index in [2.05, 4.69) is 54.5 Å². The van der Waals surface area contributed by atoms with Gasteiger partial charge in [-0.25, -0.2) is 0 Å². The molecule has 0 amide bonds. The Morgan fingerprint density at radius 3 is 2.12 bits per heavy atom. The van der Waals surface area contributed by atoms with Gasteiger partial charge in [-0.15, -0.1) is 0 Å². The molecule has 0 heterocycles. The monoisotopic (exact) mass is 236 g/mol. The van der Waals surface area contributed by atoms with Crippen molar-refractivity contribution >= 4 is 0 Å². The van der Waals surface area contributed by atoms with Gasteiger partial charge in [0.1, 0.15) is 0 Å².